The van der Waals surface area contributed by atoms with Crippen LogP contribution in [0.1, 0.15) is 70.4 Å². The topological polar surface area (TPSA) is 123 Å². The number of hydrogen-bond donors (Lipinski definition) is 3. The molecule has 2 heterocycles. The van der Waals surface area contributed by atoms with Crippen molar-refractivity contribution < 1.29 is 28.6 Å². The van der Waals surface area contributed by atoms with Crippen LogP contribution in [-0.4, -0.2) is 52.8 Å². The Bertz CT molecular complexity index is 1260. The van der Waals surface area contributed by atoms with Gasteiger partial charge in [0.05, 0.1) is 18.8 Å². The van der Waals surface area contributed by atoms with E-state index in [1.54, 1.807) is 6.07 Å². The van der Waals surface area contributed by atoms with Gasteiger partial charge in [0.25, 0.3) is 0 Å². The fourth-order valence-corrected chi connectivity index (χ4v) is 5.02. The number of aliphatic hydroxyl groups excluding tert-OH is 1. The first-order valence-corrected chi connectivity index (χ1v) is 14.6. The molecule has 0 aliphatic carbocycles. The summed E-state index contributed by atoms with van der Waals surface area (Å²) in [5.74, 6) is -0.165. The van der Waals surface area contributed by atoms with Gasteiger partial charge in [-0.2, -0.15) is 0 Å². The maximum atomic E-state index is 13.4. The number of nitrogens with zero attached hydrogens (tertiary/aromatic N) is 1. The number of carbonyl (C=O) groups is 2. The molecule has 3 N–H and O–H groups in total. The summed E-state index contributed by atoms with van der Waals surface area (Å²) in [5.41, 5.74) is 1.71. The molecule has 0 radical (unpaired) electrons. The summed E-state index contributed by atoms with van der Waals surface area (Å²) in [6, 6.07) is 14.5. The second kappa shape index (κ2) is 14.3. The normalized spacial score (nSPS) is 18.8. The van der Waals surface area contributed by atoms with Crippen molar-refractivity contribution in [2.45, 2.75) is 83.3 Å². The molecule has 0 saturated carbocycles. The molecule has 0 spiro atoms. The third-order valence-corrected chi connectivity index (χ3v) is 7.27. The molecule has 2 aromatic carbocycles. The van der Waals surface area contributed by atoms with Crippen LogP contribution < -0.4 is 10.6 Å². The Morgan fingerprint density at radius 1 is 1.17 bits per heavy atom. The number of rotatable bonds is 13. The Morgan fingerprint density at radius 2 is 1.93 bits per heavy atom. The lowest BCUT2D eigenvalue weighted by molar-refractivity contribution is -0.123. The van der Waals surface area contributed by atoms with Crippen LogP contribution in [-0.2, 0) is 20.9 Å². The van der Waals surface area contributed by atoms with Gasteiger partial charge in [0.15, 0.2) is 5.58 Å². The molecule has 1 saturated heterocycles. The average molecular weight is 586 g/mol. The van der Waals surface area contributed by atoms with Crippen LogP contribution in [0.25, 0.3) is 11.1 Å². The Labute approximate surface area is 245 Å². The van der Waals surface area contributed by atoms with Crippen LogP contribution >= 0.6 is 11.6 Å². The first-order valence-electron chi connectivity index (χ1n) is 14.2. The van der Waals surface area contributed by atoms with E-state index in [2.05, 4.69) is 15.6 Å². The summed E-state index contributed by atoms with van der Waals surface area (Å²) in [4.78, 5) is 29.8. The third kappa shape index (κ3) is 9.53. The third-order valence-electron chi connectivity index (χ3n) is 7.02. The predicted octanol–water partition coefficient (Wildman–Crippen LogP) is 5.73. The molecule has 9 nitrogen and oxygen atoms in total. The Morgan fingerprint density at radius 3 is 2.66 bits per heavy atom. The van der Waals surface area contributed by atoms with Crippen molar-refractivity contribution in [3.05, 3.63) is 65.0 Å². The van der Waals surface area contributed by atoms with Crippen molar-refractivity contribution >= 4 is 34.6 Å². The lowest BCUT2D eigenvalue weighted by Gasteiger charge is -2.22. The highest BCUT2D eigenvalue weighted by Gasteiger charge is 2.34. The molecule has 10 heteroatoms. The molecule has 4 atom stereocenters. The molecule has 1 aliphatic rings. The van der Waals surface area contributed by atoms with Gasteiger partial charge in [0.2, 0.25) is 5.89 Å². The molecule has 41 heavy (non-hydrogen) atoms. The highest BCUT2D eigenvalue weighted by molar-refractivity contribution is 6.30. The molecule has 222 valence electrons. The number of aliphatic hydroxyl groups is 1. The van der Waals surface area contributed by atoms with E-state index in [1.165, 1.54) is 0 Å². The number of nitrogens with one attached hydrogen (secondary N) is 2. The molecular formula is C31H40ClN3O6. The fraction of sp³-hybridized carbons (Fsp3) is 0.516. The molecule has 4 rings (SSSR count). The van der Waals surface area contributed by atoms with Crippen LogP contribution in [0.4, 0.5) is 4.79 Å². The van der Waals surface area contributed by atoms with E-state index in [-0.39, 0.29) is 30.2 Å². The van der Waals surface area contributed by atoms with E-state index >= 15 is 0 Å². The van der Waals surface area contributed by atoms with Crippen LogP contribution in [0.3, 0.4) is 0 Å². The summed E-state index contributed by atoms with van der Waals surface area (Å²) in [7, 11) is 0. The van der Waals surface area contributed by atoms with E-state index in [0.717, 1.165) is 5.56 Å². The number of ether oxygens (including phenoxy) is 2. The minimum absolute atomic E-state index is 0.0228. The molecule has 3 aromatic rings. The van der Waals surface area contributed by atoms with Gasteiger partial charge in [-0.25, -0.2) is 9.78 Å². The molecule has 1 amide bonds. The zero-order chi connectivity index (χ0) is 29.4. The monoisotopic (exact) mass is 585 g/mol. The zero-order valence-corrected chi connectivity index (χ0v) is 24.7. The number of para-hydroxylation sites is 2. The Kier molecular flexibility index (Phi) is 10.8. The van der Waals surface area contributed by atoms with Gasteiger partial charge in [-0.15, -0.1) is 0 Å². The maximum absolute atomic E-state index is 13.4. The Balaban J connectivity index is 1.32. The van der Waals surface area contributed by atoms with Gasteiger partial charge in [0, 0.05) is 30.5 Å². The van der Waals surface area contributed by atoms with E-state index in [9.17, 15) is 14.7 Å². The standard InChI is InChI=1S/C31H40ClN3O6/c1-31(2,3)41-30(38)33-15-7-6-8-21(28(37)29-35-24-9-4-5-10-27(24)40-29)16-26(36)25-17-23(18-34-25)39-19-20-11-13-22(32)14-12-20/h4-5,9-14,21,23,25,28,34,37H,6-8,15-19H2,1-3H3,(H,33,38)/t21-,23-,25+,28?/m1/s1. The molecule has 1 unspecified atom stereocenters. The zero-order valence-electron chi connectivity index (χ0n) is 23.9. The van der Waals surface area contributed by atoms with Crippen LogP contribution in [0.5, 0.6) is 0 Å². The van der Waals surface area contributed by atoms with Crippen LogP contribution in [0.15, 0.2) is 52.9 Å². The predicted molar refractivity (Wildman–Crippen MR) is 157 cm³/mol. The fourth-order valence-electron chi connectivity index (χ4n) is 4.90. The largest absolute Gasteiger partial charge is 0.444 e. The summed E-state index contributed by atoms with van der Waals surface area (Å²) in [6.07, 6.45) is 1.07. The van der Waals surface area contributed by atoms with Crippen molar-refractivity contribution in [2.75, 3.05) is 13.1 Å². The van der Waals surface area contributed by atoms with E-state index in [4.69, 9.17) is 25.5 Å². The minimum atomic E-state index is -1.04. The van der Waals surface area contributed by atoms with Crippen LogP contribution in [0.2, 0.25) is 5.02 Å². The molecule has 0 bridgehead atoms. The highest BCUT2D eigenvalue weighted by Crippen LogP contribution is 2.32. The van der Waals surface area contributed by atoms with Crippen LogP contribution in [0, 0.1) is 5.92 Å². The lowest BCUT2D eigenvalue weighted by Crippen LogP contribution is -2.33. The maximum Gasteiger partial charge on any atom is 0.407 e. The smallest absolute Gasteiger partial charge is 0.407 e. The first-order chi connectivity index (χ1) is 19.6. The van der Waals surface area contributed by atoms with Gasteiger partial charge in [-0.3, -0.25) is 4.79 Å². The van der Waals surface area contributed by atoms with E-state index in [1.807, 2.05) is 63.2 Å². The SMILES string of the molecule is CC(C)(C)OC(=O)NCCCC[C@H](CC(=O)[C@@H]1C[C@@H](OCc2ccc(Cl)cc2)CN1)C(O)c1nc2ccccc2o1. The number of aromatic nitrogens is 1. The van der Waals surface area contributed by atoms with Crippen molar-refractivity contribution in [2.24, 2.45) is 5.92 Å². The van der Waals surface area contributed by atoms with Crippen molar-refractivity contribution in [3.8, 4) is 0 Å². The number of alkyl carbamates (subject to hydrolysis) is 1. The molecular weight excluding hydrogens is 546 g/mol. The molecule has 1 fully saturated rings. The number of hydrogen-bond acceptors (Lipinski definition) is 8. The summed E-state index contributed by atoms with van der Waals surface area (Å²) in [6.45, 7) is 6.91. The number of Topliss-reactive ketones (excluding diaryl/α,β-unsaturated/α-hetero) is 1. The van der Waals surface area contributed by atoms with Crippen molar-refractivity contribution in [1.29, 1.82) is 0 Å². The summed E-state index contributed by atoms with van der Waals surface area (Å²) >= 11 is 5.96. The summed E-state index contributed by atoms with van der Waals surface area (Å²) < 4.78 is 17.1. The lowest BCUT2D eigenvalue weighted by atomic mass is 9.88. The number of fused-ring (bicyclic) bond motifs is 1. The van der Waals surface area contributed by atoms with E-state index in [0.29, 0.717) is 61.5 Å². The van der Waals surface area contributed by atoms with E-state index < -0.39 is 23.7 Å². The number of benzene rings is 2. The van der Waals surface area contributed by atoms with Gasteiger partial charge in [0.1, 0.15) is 23.0 Å². The quantitative estimate of drug-likeness (QED) is 0.217. The Hall–Kier alpha value is -2.98. The first kappa shape index (κ1) is 31.0. The highest BCUT2D eigenvalue weighted by atomic mass is 35.5. The van der Waals surface area contributed by atoms with Gasteiger partial charge < -0.3 is 29.6 Å². The number of halogens is 1. The number of unbranched alkanes of at least 4 members (excludes halogenated alkanes) is 1. The second-order valence-corrected chi connectivity index (χ2v) is 12.0. The number of amides is 1. The van der Waals surface area contributed by atoms with Gasteiger partial charge in [-0.1, -0.05) is 42.3 Å². The number of ketones is 1. The molecule has 1 aromatic heterocycles. The minimum Gasteiger partial charge on any atom is -0.444 e. The number of carbonyl (C=O) groups excluding carboxylic acids is 2. The summed E-state index contributed by atoms with van der Waals surface area (Å²) in [5, 5.41) is 18.0. The van der Waals surface area contributed by atoms with Crippen molar-refractivity contribution in [1.82, 2.24) is 15.6 Å². The van der Waals surface area contributed by atoms with Gasteiger partial charge >= 0.3 is 6.09 Å². The van der Waals surface area contributed by atoms with Crippen molar-refractivity contribution in [3.63, 3.8) is 0 Å². The second-order valence-electron chi connectivity index (χ2n) is 11.6. The number of oxazole rings is 1. The van der Waals surface area contributed by atoms with Gasteiger partial charge in [-0.05, 0) is 69.9 Å². The average Bonchev–Trinajstić information content (AvgIpc) is 3.58. The molecule has 1 aliphatic heterocycles.